The molecule has 1 saturated carbocycles. The van der Waals surface area contributed by atoms with E-state index in [4.69, 9.17) is 5.73 Å². The maximum atomic E-state index is 13.1. The number of nitrogens with one attached hydrogen (secondary N) is 1. The summed E-state index contributed by atoms with van der Waals surface area (Å²) in [5.41, 5.74) is 5.65. The van der Waals surface area contributed by atoms with Gasteiger partial charge in [0.15, 0.2) is 0 Å². The van der Waals surface area contributed by atoms with Crippen LogP contribution in [0.5, 0.6) is 0 Å². The van der Waals surface area contributed by atoms with Crippen molar-refractivity contribution < 1.29 is 18.4 Å². The van der Waals surface area contributed by atoms with Crippen LogP contribution in [0, 0.1) is 17.6 Å². The standard InChI is InChI=1S/C17H23F2N3O2.ClH/c1-17(20)6-4-3-5-14(17)16(24)22(2)10-15(23)21-13-8-11(18)7-12(19)9-13;/h7-9,14H,3-6,10,20H2,1-2H3,(H,21,23);1H. The second kappa shape index (κ2) is 8.58. The summed E-state index contributed by atoms with van der Waals surface area (Å²) < 4.78 is 26.3. The van der Waals surface area contributed by atoms with Gasteiger partial charge < -0.3 is 16.0 Å². The largest absolute Gasteiger partial charge is 0.336 e. The molecule has 1 aromatic carbocycles. The van der Waals surface area contributed by atoms with Crippen LogP contribution >= 0.6 is 12.4 Å². The molecule has 8 heteroatoms. The van der Waals surface area contributed by atoms with E-state index in [9.17, 15) is 18.4 Å². The monoisotopic (exact) mass is 375 g/mol. The number of hydrogen-bond acceptors (Lipinski definition) is 3. The van der Waals surface area contributed by atoms with Crippen LogP contribution in [0.15, 0.2) is 18.2 Å². The quantitative estimate of drug-likeness (QED) is 0.849. The minimum absolute atomic E-state index is 0. The molecule has 3 N–H and O–H groups in total. The van der Waals surface area contributed by atoms with E-state index in [1.807, 2.05) is 6.92 Å². The number of carbonyl (C=O) groups is 2. The Morgan fingerprint density at radius 1 is 1.28 bits per heavy atom. The van der Waals surface area contributed by atoms with Gasteiger partial charge in [0.1, 0.15) is 11.6 Å². The summed E-state index contributed by atoms with van der Waals surface area (Å²) in [7, 11) is 1.53. The Labute approximate surface area is 152 Å². The smallest absolute Gasteiger partial charge is 0.243 e. The topological polar surface area (TPSA) is 75.4 Å². The fourth-order valence-electron chi connectivity index (χ4n) is 3.15. The lowest BCUT2D eigenvalue weighted by molar-refractivity contribution is -0.139. The highest BCUT2D eigenvalue weighted by atomic mass is 35.5. The van der Waals surface area contributed by atoms with Gasteiger partial charge in [-0.1, -0.05) is 12.8 Å². The zero-order chi connectivity index (χ0) is 17.9. The first-order chi connectivity index (χ1) is 11.2. The van der Waals surface area contributed by atoms with Crippen LogP contribution in [0.25, 0.3) is 0 Å². The van der Waals surface area contributed by atoms with Gasteiger partial charge in [-0.3, -0.25) is 9.59 Å². The molecule has 0 radical (unpaired) electrons. The van der Waals surface area contributed by atoms with Crippen molar-refractivity contribution in [3.63, 3.8) is 0 Å². The summed E-state index contributed by atoms with van der Waals surface area (Å²) in [4.78, 5) is 25.9. The Bertz CT molecular complexity index is 620. The van der Waals surface area contributed by atoms with Gasteiger partial charge in [-0.2, -0.15) is 0 Å². The lowest BCUT2D eigenvalue weighted by atomic mass is 9.74. The molecule has 2 amide bonds. The second-order valence-electron chi connectivity index (χ2n) is 6.70. The Morgan fingerprint density at radius 3 is 2.44 bits per heavy atom. The van der Waals surface area contributed by atoms with E-state index in [1.165, 1.54) is 11.9 Å². The van der Waals surface area contributed by atoms with Crippen molar-refractivity contribution in [2.24, 2.45) is 11.7 Å². The van der Waals surface area contributed by atoms with E-state index in [0.717, 1.165) is 37.5 Å². The molecule has 0 aliphatic heterocycles. The number of anilines is 1. The number of halogens is 3. The Balaban J connectivity index is 0.00000312. The van der Waals surface area contributed by atoms with Gasteiger partial charge in [-0.15, -0.1) is 12.4 Å². The molecule has 1 aliphatic rings. The predicted molar refractivity (Wildman–Crippen MR) is 94.4 cm³/mol. The van der Waals surface area contributed by atoms with Gasteiger partial charge in [0, 0.05) is 24.3 Å². The number of benzene rings is 1. The summed E-state index contributed by atoms with van der Waals surface area (Å²) in [6.45, 7) is 1.65. The highest BCUT2D eigenvalue weighted by molar-refractivity contribution is 5.94. The first-order valence-corrected chi connectivity index (χ1v) is 7.99. The number of amides is 2. The predicted octanol–water partition coefficient (Wildman–Crippen LogP) is 2.69. The van der Waals surface area contributed by atoms with Crippen LogP contribution in [-0.2, 0) is 9.59 Å². The highest BCUT2D eigenvalue weighted by Gasteiger charge is 2.39. The molecule has 0 spiro atoms. The molecule has 25 heavy (non-hydrogen) atoms. The van der Waals surface area contributed by atoms with Crippen LogP contribution in [0.1, 0.15) is 32.6 Å². The summed E-state index contributed by atoms with van der Waals surface area (Å²) in [6.07, 6.45) is 3.40. The number of carbonyl (C=O) groups excluding carboxylic acids is 2. The van der Waals surface area contributed by atoms with Gasteiger partial charge in [0.2, 0.25) is 11.8 Å². The fraction of sp³-hybridized carbons (Fsp3) is 0.529. The van der Waals surface area contributed by atoms with Gasteiger partial charge in [0.25, 0.3) is 0 Å². The average Bonchev–Trinajstić information content (AvgIpc) is 2.44. The second-order valence-corrected chi connectivity index (χ2v) is 6.70. The molecule has 1 fully saturated rings. The molecule has 2 rings (SSSR count). The maximum absolute atomic E-state index is 13.1. The van der Waals surface area contributed by atoms with Crippen LogP contribution < -0.4 is 11.1 Å². The molecule has 1 aliphatic carbocycles. The van der Waals surface area contributed by atoms with Crippen molar-refractivity contribution in [1.29, 1.82) is 0 Å². The normalized spacial score (nSPS) is 22.7. The van der Waals surface area contributed by atoms with E-state index in [1.54, 1.807) is 0 Å². The molecular formula is C17H24ClF2N3O2. The molecular weight excluding hydrogens is 352 g/mol. The molecule has 0 saturated heterocycles. The van der Waals surface area contributed by atoms with Crippen LogP contribution in [0.4, 0.5) is 14.5 Å². The first-order valence-electron chi connectivity index (χ1n) is 7.99. The van der Waals surface area contributed by atoms with Crippen molar-refractivity contribution in [3.8, 4) is 0 Å². The Hall–Kier alpha value is -1.73. The number of nitrogens with zero attached hydrogens (tertiary/aromatic N) is 1. The molecule has 2 atom stereocenters. The van der Waals surface area contributed by atoms with Crippen LogP contribution in [0.2, 0.25) is 0 Å². The molecule has 1 aromatic rings. The van der Waals surface area contributed by atoms with E-state index >= 15 is 0 Å². The SMILES string of the molecule is CN(CC(=O)Nc1cc(F)cc(F)c1)C(=O)C1CCCCC1(C)N.Cl. The number of likely N-dealkylation sites (N-methyl/N-ethyl adjacent to an activating group) is 1. The number of hydrogen-bond donors (Lipinski definition) is 2. The average molecular weight is 376 g/mol. The molecule has 0 bridgehead atoms. The third-order valence-corrected chi connectivity index (χ3v) is 4.46. The van der Waals surface area contributed by atoms with Crippen molar-refractivity contribution in [2.45, 2.75) is 38.1 Å². The van der Waals surface area contributed by atoms with Crippen molar-refractivity contribution in [3.05, 3.63) is 29.8 Å². The zero-order valence-corrected chi connectivity index (χ0v) is 15.2. The molecule has 5 nitrogen and oxygen atoms in total. The van der Waals surface area contributed by atoms with Crippen LogP contribution in [0.3, 0.4) is 0 Å². The third kappa shape index (κ3) is 5.64. The van der Waals surface area contributed by atoms with Crippen molar-refractivity contribution in [2.75, 3.05) is 18.9 Å². The van der Waals surface area contributed by atoms with Gasteiger partial charge in [-0.05, 0) is 31.9 Å². The highest BCUT2D eigenvalue weighted by Crippen LogP contribution is 2.32. The van der Waals surface area contributed by atoms with E-state index in [-0.39, 0.29) is 36.5 Å². The Morgan fingerprint density at radius 2 is 1.88 bits per heavy atom. The number of nitrogens with two attached hydrogens (primary N) is 1. The zero-order valence-electron chi connectivity index (χ0n) is 14.4. The summed E-state index contributed by atoms with van der Waals surface area (Å²) in [5.74, 6) is -2.59. The lowest BCUT2D eigenvalue weighted by Crippen LogP contribution is -2.53. The molecule has 140 valence electrons. The molecule has 0 heterocycles. The maximum Gasteiger partial charge on any atom is 0.243 e. The summed E-state index contributed by atoms with van der Waals surface area (Å²) in [6, 6.07) is 2.75. The minimum atomic E-state index is -0.782. The van der Waals surface area contributed by atoms with Gasteiger partial charge >= 0.3 is 0 Å². The van der Waals surface area contributed by atoms with E-state index < -0.39 is 23.1 Å². The van der Waals surface area contributed by atoms with Gasteiger partial charge in [0.05, 0.1) is 12.5 Å². The third-order valence-electron chi connectivity index (χ3n) is 4.46. The minimum Gasteiger partial charge on any atom is -0.336 e. The van der Waals surface area contributed by atoms with E-state index in [2.05, 4.69) is 5.32 Å². The number of rotatable bonds is 4. The van der Waals surface area contributed by atoms with Gasteiger partial charge in [-0.25, -0.2) is 8.78 Å². The molecule has 0 aromatic heterocycles. The van der Waals surface area contributed by atoms with Crippen molar-refractivity contribution in [1.82, 2.24) is 4.90 Å². The lowest BCUT2D eigenvalue weighted by Gasteiger charge is -2.39. The first kappa shape index (κ1) is 21.3. The fourth-order valence-corrected chi connectivity index (χ4v) is 3.15. The Kier molecular flexibility index (Phi) is 7.31. The van der Waals surface area contributed by atoms with Crippen molar-refractivity contribution >= 4 is 29.9 Å². The molecule has 2 unspecified atom stereocenters. The van der Waals surface area contributed by atoms with Crippen LogP contribution in [-0.4, -0.2) is 35.8 Å². The summed E-state index contributed by atoms with van der Waals surface area (Å²) in [5, 5.41) is 2.39. The van der Waals surface area contributed by atoms with E-state index in [0.29, 0.717) is 6.42 Å². The summed E-state index contributed by atoms with van der Waals surface area (Å²) >= 11 is 0.